The van der Waals surface area contributed by atoms with Gasteiger partial charge in [0.15, 0.2) is 6.10 Å². The molecule has 1 aliphatic heterocycles. The van der Waals surface area contributed by atoms with Gasteiger partial charge in [0.2, 0.25) is 0 Å². The molecule has 14 heavy (non-hydrogen) atoms. The first-order chi connectivity index (χ1) is 6.58. The largest absolute Gasteiger partial charge is 0.518 e. The number of ether oxygens (including phenoxy) is 2. The van der Waals surface area contributed by atoms with Crippen LogP contribution in [0.1, 0.15) is 39.0 Å². The molecule has 1 saturated heterocycles. The van der Waals surface area contributed by atoms with Crippen molar-refractivity contribution in [1.82, 2.24) is 0 Å². The molecule has 1 heterocycles. The number of aliphatic hydroxyl groups excluding tert-OH is 1. The Morgan fingerprint density at radius 3 is 2.50 bits per heavy atom. The first-order valence-corrected chi connectivity index (χ1v) is 4.91. The van der Waals surface area contributed by atoms with E-state index in [1.165, 1.54) is 0 Å². The Morgan fingerprint density at radius 1 is 1.36 bits per heavy atom. The molecular weight excluding hydrogens is 188 g/mol. The van der Waals surface area contributed by atoms with Crippen molar-refractivity contribution in [2.24, 2.45) is 0 Å². The van der Waals surface area contributed by atoms with E-state index in [0.717, 1.165) is 25.7 Å². The van der Waals surface area contributed by atoms with E-state index in [-0.39, 0.29) is 0 Å². The molecule has 0 aliphatic carbocycles. The van der Waals surface area contributed by atoms with Crippen LogP contribution in [0, 0.1) is 0 Å². The Balaban J connectivity index is 2.15. The number of carbonyl (C=O) groups excluding carboxylic acids is 1. The normalized spacial score (nSPS) is 20.6. The Bertz CT molecular complexity index is 195. The second kappa shape index (κ2) is 4.61. The summed E-state index contributed by atoms with van der Waals surface area (Å²) >= 11 is 0. The van der Waals surface area contributed by atoms with Crippen molar-refractivity contribution in [3.8, 4) is 0 Å². The zero-order valence-electron chi connectivity index (χ0n) is 8.23. The van der Waals surface area contributed by atoms with Crippen molar-refractivity contribution in [2.45, 2.75) is 51.1 Å². The second-order valence-corrected chi connectivity index (χ2v) is 3.45. The van der Waals surface area contributed by atoms with Crippen molar-refractivity contribution in [3.05, 3.63) is 0 Å². The fourth-order valence-corrected chi connectivity index (χ4v) is 1.33. The summed E-state index contributed by atoms with van der Waals surface area (Å²) in [6.45, 7) is 2.08. The lowest BCUT2D eigenvalue weighted by Crippen LogP contribution is -2.58. The van der Waals surface area contributed by atoms with E-state index in [2.05, 4.69) is 16.4 Å². The van der Waals surface area contributed by atoms with Crippen LogP contribution in [-0.4, -0.2) is 28.4 Å². The third kappa shape index (κ3) is 2.59. The first kappa shape index (κ1) is 11.3. The van der Waals surface area contributed by atoms with Gasteiger partial charge in [-0.15, -0.1) is 0 Å². The molecule has 82 valence electrons. The SMILES string of the molecule is CCCCCCC(O)C1(O)OC(=O)O1. The van der Waals surface area contributed by atoms with Crippen LogP contribution in [0.4, 0.5) is 4.79 Å². The van der Waals surface area contributed by atoms with E-state index in [1.807, 2.05) is 0 Å². The van der Waals surface area contributed by atoms with E-state index >= 15 is 0 Å². The minimum Gasteiger partial charge on any atom is -0.382 e. The van der Waals surface area contributed by atoms with Gasteiger partial charge in [-0.1, -0.05) is 32.6 Å². The molecule has 0 aromatic carbocycles. The van der Waals surface area contributed by atoms with Crippen molar-refractivity contribution in [2.75, 3.05) is 0 Å². The van der Waals surface area contributed by atoms with Crippen molar-refractivity contribution < 1.29 is 24.5 Å². The van der Waals surface area contributed by atoms with Crippen LogP contribution >= 0.6 is 0 Å². The Hall–Kier alpha value is -0.810. The maximum Gasteiger partial charge on any atom is 0.518 e. The highest BCUT2D eigenvalue weighted by molar-refractivity contribution is 5.65. The second-order valence-electron chi connectivity index (χ2n) is 3.45. The minimum atomic E-state index is -2.09. The van der Waals surface area contributed by atoms with E-state index < -0.39 is 18.2 Å². The van der Waals surface area contributed by atoms with Gasteiger partial charge in [-0.2, -0.15) is 0 Å². The maximum absolute atomic E-state index is 10.3. The molecule has 0 spiro atoms. The fourth-order valence-electron chi connectivity index (χ4n) is 1.33. The summed E-state index contributed by atoms with van der Waals surface area (Å²) in [5.74, 6) is -2.09. The van der Waals surface area contributed by atoms with Crippen molar-refractivity contribution in [1.29, 1.82) is 0 Å². The van der Waals surface area contributed by atoms with Crippen molar-refractivity contribution >= 4 is 6.16 Å². The van der Waals surface area contributed by atoms with Gasteiger partial charge in [0.05, 0.1) is 0 Å². The van der Waals surface area contributed by atoms with Gasteiger partial charge in [0, 0.05) is 0 Å². The van der Waals surface area contributed by atoms with Crippen LogP contribution in [-0.2, 0) is 9.47 Å². The molecule has 1 rings (SSSR count). The standard InChI is InChI=1S/C9H16O5/c1-2-3-4-5-6-7(10)9(12)13-8(11)14-9/h7,10,12H,2-6H2,1H3. The third-order valence-electron chi connectivity index (χ3n) is 2.21. The van der Waals surface area contributed by atoms with Crippen LogP contribution in [0.5, 0.6) is 0 Å². The highest BCUT2D eigenvalue weighted by Gasteiger charge is 2.53. The van der Waals surface area contributed by atoms with Crippen LogP contribution in [0.15, 0.2) is 0 Å². The zero-order valence-corrected chi connectivity index (χ0v) is 8.23. The summed E-state index contributed by atoms with van der Waals surface area (Å²) < 4.78 is 8.58. The van der Waals surface area contributed by atoms with Gasteiger partial charge in [-0.3, -0.25) is 0 Å². The topological polar surface area (TPSA) is 76.0 Å². The molecule has 0 saturated carbocycles. The Labute approximate surface area is 82.6 Å². The number of cyclic esters (lactones) is 2. The molecule has 0 bridgehead atoms. The molecule has 0 amide bonds. The quantitative estimate of drug-likeness (QED) is 0.501. The molecule has 5 nitrogen and oxygen atoms in total. The lowest BCUT2D eigenvalue weighted by Gasteiger charge is -2.37. The van der Waals surface area contributed by atoms with Gasteiger partial charge in [0.1, 0.15) is 0 Å². The lowest BCUT2D eigenvalue weighted by atomic mass is 10.1. The van der Waals surface area contributed by atoms with E-state index in [9.17, 15) is 15.0 Å². The Morgan fingerprint density at radius 2 is 2.00 bits per heavy atom. The summed E-state index contributed by atoms with van der Waals surface area (Å²) in [6.07, 6.45) is 2.22. The number of hydrogen-bond donors (Lipinski definition) is 2. The molecule has 0 aromatic heterocycles. The van der Waals surface area contributed by atoms with E-state index in [4.69, 9.17) is 0 Å². The molecule has 0 radical (unpaired) electrons. The summed E-state index contributed by atoms with van der Waals surface area (Å²) in [5.41, 5.74) is 0. The predicted molar refractivity (Wildman–Crippen MR) is 47.3 cm³/mol. The van der Waals surface area contributed by atoms with Crippen LogP contribution in [0.25, 0.3) is 0 Å². The third-order valence-corrected chi connectivity index (χ3v) is 2.21. The number of rotatable bonds is 6. The molecule has 2 N–H and O–H groups in total. The molecule has 1 atom stereocenters. The average molecular weight is 204 g/mol. The molecule has 5 heteroatoms. The van der Waals surface area contributed by atoms with Crippen LogP contribution in [0.2, 0.25) is 0 Å². The number of hydrogen-bond acceptors (Lipinski definition) is 5. The van der Waals surface area contributed by atoms with E-state index in [1.54, 1.807) is 0 Å². The molecular formula is C9H16O5. The number of carbonyl (C=O) groups is 1. The predicted octanol–water partition coefficient (Wildman–Crippen LogP) is 1.13. The summed E-state index contributed by atoms with van der Waals surface area (Å²) in [7, 11) is 0. The van der Waals surface area contributed by atoms with Crippen LogP contribution in [0.3, 0.4) is 0 Å². The zero-order chi connectivity index (χ0) is 10.6. The molecule has 1 aliphatic rings. The minimum absolute atomic E-state index is 0.365. The summed E-state index contributed by atoms with van der Waals surface area (Å²) in [6, 6.07) is 0. The Kier molecular flexibility index (Phi) is 3.71. The molecule has 1 unspecified atom stereocenters. The van der Waals surface area contributed by atoms with Gasteiger partial charge in [0.25, 0.3) is 0 Å². The van der Waals surface area contributed by atoms with E-state index in [0.29, 0.717) is 6.42 Å². The summed E-state index contributed by atoms with van der Waals surface area (Å²) in [5, 5.41) is 18.7. The molecule has 1 fully saturated rings. The van der Waals surface area contributed by atoms with Gasteiger partial charge in [-0.25, -0.2) is 4.79 Å². The average Bonchev–Trinajstić information content (AvgIpc) is 2.09. The maximum atomic E-state index is 10.3. The smallest absolute Gasteiger partial charge is 0.382 e. The monoisotopic (exact) mass is 204 g/mol. The lowest BCUT2D eigenvalue weighted by molar-refractivity contribution is -0.419. The van der Waals surface area contributed by atoms with Crippen molar-refractivity contribution in [3.63, 3.8) is 0 Å². The number of unbranched alkanes of at least 4 members (excludes halogenated alkanes) is 3. The van der Waals surface area contributed by atoms with Crippen LogP contribution < -0.4 is 0 Å². The molecule has 0 aromatic rings. The highest BCUT2D eigenvalue weighted by Crippen LogP contribution is 2.28. The first-order valence-electron chi connectivity index (χ1n) is 4.91. The van der Waals surface area contributed by atoms with Gasteiger partial charge >= 0.3 is 12.1 Å². The number of aliphatic hydroxyl groups is 2. The van der Waals surface area contributed by atoms with Gasteiger partial charge in [-0.05, 0) is 6.42 Å². The fraction of sp³-hybridized carbons (Fsp3) is 0.889. The summed E-state index contributed by atoms with van der Waals surface area (Å²) in [4.78, 5) is 10.3. The van der Waals surface area contributed by atoms with Gasteiger partial charge < -0.3 is 19.7 Å². The highest BCUT2D eigenvalue weighted by atomic mass is 17.0.